The second kappa shape index (κ2) is 11.2. The van der Waals surface area contributed by atoms with Gasteiger partial charge in [0, 0.05) is 30.1 Å². The van der Waals surface area contributed by atoms with E-state index >= 15 is 0 Å². The highest BCUT2D eigenvalue weighted by molar-refractivity contribution is 7.33. The number of ether oxygens (including phenoxy) is 2. The summed E-state index contributed by atoms with van der Waals surface area (Å²) in [6.45, 7) is 3.78. The third-order valence-electron chi connectivity index (χ3n) is 3.91. The fourth-order valence-corrected chi connectivity index (χ4v) is 2.99. The molecule has 0 spiro atoms. The van der Waals surface area contributed by atoms with Crippen molar-refractivity contribution in [3.63, 3.8) is 0 Å². The Bertz CT molecular complexity index is 888. The molecule has 1 unspecified atom stereocenters. The van der Waals surface area contributed by atoms with Crippen LogP contribution < -0.4 is 14.2 Å². The van der Waals surface area contributed by atoms with Crippen LogP contribution in [0.5, 0.6) is 17.2 Å². The van der Waals surface area contributed by atoms with Crippen LogP contribution in [0.25, 0.3) is 0 Å². The zero-order valence-electron chi connectivity index (χ0n) is 16.8. The monoisotopic (exact) mass is 435 g/mol. The summed E-state index contributed by atoms with van der Waals surface area (Å²) in [4.78, 5) is 37.7. The zero-order valence-corrected chi connectivity index (χ0v) is 17.7. The van der Waals surface area contributed by atoms with Crippen molar-refractivity contribution in [3.8, 4) is 17.2 Å². The van der Waals surface area contributed by atoms with Gasteiger partial charge in [-0.1, -0.05) is 0 Å². The van der Waals surface area contributed by atoms with Crippen LogP contribution in [0.3, 0.4) is 0 Å². The first kappa shape index (κ1) is 23.2. The van der Waals surface area contributed by atoms with E-state index in [1.165, 1.54) is 29.3 Å². The van der Waals surface area contributed by atoms with Crippen LogP contribution in [0, 0.1) is 10.1 Å². The van der Waals surface area contributed by atoms with E-state index in [9.17, 15) is 19.8 Å². The highest BCUT2D eigenvalue weighted by Gasteiger charge is 2.17. The second-order valence-electron chi connectivity index (χ2n) is 6.17. The summed E-state index contributed by atoms with van der Waals surface area (Å²) in [6, 6.07) is 11.7. The number of benzene rings is 2. The summed E-state index contributed by atoms with van der Waals surface area (Å²) in [6.07, 6.45) is 0.117. The lowest BCUT2D eigenvalue weighted by Gasteiger charge is -2.16. The Hall–Kier alpha value is -3.07. The summed E-state index contributed by atoms with van der Waals surface area (Å²) in [5, 5.41) is 12.1. The maximum absolute atomic E-state index is 12.1. The number of carbonyl (C=O) groups is 1. The van der Waals surface area contributed by atoms with Crippen molar-refractivity contribution in [3.05, 3.63) is 58.6 Å². The van der Waals surface area contributed by atoms with Crippen LogP contribution in [0.2, 0.25) is 0 Å². The third kappa shape index (κ3) is 7.40. The molecule has 0 aliphatic heterocycles. The van der Waals surface area contributed by atoms with Crippen LogP contribution >= 0.6 is 8.17 Å². The largest absolute Gasteiger partial charge is 0.574 e. The fraction of sp³-hybridized carbons (Fsp3) is 0.316. The van der Waals surface area contributed by atoms with Crippen LogP contribution in [0.1, 0.15) is 20.3 Å². The maximum atomic E-state index is 12.1. The summed E-state index contributed by atoms with van der Waals surface area (Å²) < 4.78 is 15.8. The molecule has 0 radical (unpaired) electrons. The Labute approximate surface area is 174 Å². The van der Waals surface area contributed by atoms with Gasteiger partial charge in [0.25, 0.3) is 5.69 Å². The highest BCUT2D eigenvalue weighted by Crippen LogP contribution is 2.29. The second-order valence-corrected chi connectivity index (χ2v) is 7.01. The molecule has 2 aromatic carbocycles. The minimum absolute atomic E-state index is 0.0276. The van der Waals surface area contributed by atoms with Gasteiger partial charge in [0.2, 0.25) is 0 Å². The van der Waals surface area contributed by atoms with Gasteiger partial charge in [-0.3, -0.25) is 19.4 Å². The highest BCUT2D eigenvalue weighted by atomic mass is 31.1. The van der Waals surface area contributed by atoms with Gasteiger partial charge < -0.3 is 14.4 Å². The lowest BCUT2D eigenvalue weighted by atomic mass is 10.2. The topological polar surface area (TPSA) is 127 Å². The first-order valence-corrected chi connectivity index (χ1v) is 10.2. The van der Waals surface area contributed by atoms with Crippen LogP contribution in [0.15, 0.2) is 53.4 Å². The summed E-state index contributed by atoms with van der Waals surface area (Å²) >= 11 is 0. The molecule has 11 heteroatoms. The van der Waals surface area contributed by atoms with E-state index in [-0.39, 0.29) is 24.1 Å². The van der Waals surface area contributed by atoms with Crippen LogP contribution in [0.4, 0.5) is 5.69 Å². The first-order valence-electron chi connectivity index (χ1n) is 9.06. The lowest BCUT2D eigenvalue weighted by Crippen LogP contribution is -2.27. The standard InChI is InChI=1S/C19H22N3O7P/c1-4-27-19(23)13-14(2)21(3)20-30(26)29-18-11-9-17(10-12-18)28-16-7-5-15(6-8-16)22(24)25/h5-12,14H,4,13H2,1-3H3/t14-/m0/s1. The van der Waals surface area contributed by atoms with Crippen molar-refractivity contribution in [2.75, 3.05) is 13.7 Å². The molecule has 10 nitrogen and oxygen atoms in total. The van der Waals surface area contributed by atoms with Gasteiger partial charge in [-0.2, -0.15) is 5.01 Å². The molecule has 30 heavy (non-hydrogen) atoms. The van der Waals surface area contributed by atoms with Gasteiger partial charge in [-0.15, -0.1) is 0 Å². The van der Waals surface area contributed by atoms with E-state index < -0.39 is 13.1 Å². The summed E-state index contributed by atoms with van der Waals surface area (Å²) in [5.41, 5.74) is -0.0276. The number of nitro groups is 1. The number of non-ortho nitro benzene ring substituents is 1. The molecule has 2 rings (SSSR count). The molecule has 2 atom stereocenters. The van der Waals surface area contributed by atoms with Gasteiger partial charge in [0.1, 0.15) is 11.5 Å². The number of rotatable bonds is 10. The van der Waals surface area contributed by atoms with Crippen LogP contribution in [-0.2, 0) is 9.53 Å². The molecular formula is C19H22N3O7P. The molecule has 0 aliphatic rings. The maximum Gasteiger partial charge on any atom is 0.412 e. The molecule has 0 fully saturated rings. The number of nitro benzene ring substituents is 1. The minimum Gasteiger partial charge on any atom is -0.574 e. The van der Waals surface area contributed by atoms with E-state index in [2.05, 4.69) is 4.85 Å². The number of nitrogens with zero attached hydrogens (tertiary/aromatic N) is 3. The lowest BCUT2D eigenvalue weighted by molar-refractivity contribution is -0.384. The van der Waals surface area contributed by atoms with Gasteiger partial charge in [-0.25, -0.2) is 0 Å². The first-order chi connectivity index (χ1) is 14.3. The molecule has 0 N–H and O–H groups in total. The zero-order chi connectivity index (χ0) is 22.1. The predicted octanol–water partition coefficient (Wildman–Crippen LogP) is 3.81. The predicted molar refractivity (Wildman–Crippen MR) is 108 cm³/mol. The van der Waals surface area contributed by atoms with E-state index in [0.29, 0.717) is 23.9 Å². The molecule has 160 valence electrons. The van der Waals surface area contributed by atoms with Crippen LogP contribution in [-0.4, -0.2) is 35.6 Å². The number of esters is 1. The van der Waals surface area contributed by atoms with Gasteiger partial charge in [0.05, 0.1) is 18.0 Å². The van der Waals surface area contributed by atoms with Crippen molar-refractivity contribution in [1.29, 1.82) is 0 Å². The molecule has 0 aromatic heterocycles. The van der Waals surface area contributed by atoms with Gasteiger partial charge in [0.15, 0.2) is 5.75 Å². The molecule has 0 bridgehead atoms. The summed E-state index contributed by atoms with van der Waals surface area (Å²) in [7, 11) is -0.786. The van der Waals surface area contributed by atoms with Crippen molar-refractivity contribution in [1.82, 2.24) is 5.01 Å². The van der Waals surface area contributed by atoms with Crippen molar-refractivity contribution >= 4 is 19.8 Å². The molecule has 2 aromatic rings. The van der Waals surface area contributed by atoms with E-state index in [1.807, 2.05) is 0 Å². The number of carbonyl (C=O) groups excluding carboxylic acids is 1. The van der Waals surface area contributed by atoms with E-state index in [0.717, 1.165) is 0 Å². The Morgan fingerprint density at radius 2 is 1.67 bits per heavy atom. The SMILES string of the molecule is CCOC(=O)C[C@H](C)N(C)/N=[P+](\[O-])Oc1ccc(Oc2ccc([N+](=O)[O-])cc2)cc1. The van der Waals surface area contributed by atoms with Crippen molar-refractivity contribution < 1.29 is 28.6 Å². The number of hydrogen-bond donors (Lipinski definition) is 0. The third-order valence-corrected chi connectivity index (χ3v) is 4.71. The average Bonchev–Trinajstić information content (AvgIpc) is 2.70. The quantitative estimate of drug-likeness (QED) is 0.239. The van der Waals surface area contributed by atoms with Crippen molar-refractivity contribution in [2.45, 2.75) is 26.3 Å². The Morgan fingerprint density at radius 3 is 2.20 bits per heavy atom. The van der Waals surface area contributed by atoms with E-state index in [1.54, 1.807) is 45.2 Å². The Kier molecular flexibility index (Phi) is 8.67. The molecule has 0 amide bonds. The normalized spacial score (nSPS) is 12.4. The minimum atomic E-state index is -2.39. The number of hydrogen-bond acceptors (Lipinski definition) is 8. The van der Waals surface area contributed by atoms with E-state index in [4.69, 9.17) is 14.0 Å². The summed E-state index contributed by atoms with van der Waals surface area (Å²) in [5.74, 6) is 0.880. The average molecular weight is 435 g/mol. The fourth-order valence-electron chi connectivity index (χ4n) is 2.25. The molecule has 0 saturated carbocycles. The molecular weight excluding hydrogens is 413 g/mol. The van der Waals surface area contributed by atoms with Gasteiger partial charge in [-0.05, 0) is 50.2 Å². The molecule has 0 aliphatic carbocycles. The Morgan fingerprint density at radius 1 is 1.13 bits per heavy atom. The smallest absolute Gasteiger partial charge is 0.412 e. The van der Waals surface area contributed by atoms with Crippen molar-refractivity contribution in [2.24, 2.45) is 4.85 Å². The Balaban J connectivity index is 1.91. The molecule has 0 heterocycles. The van der Waals surface area contributed by atoms with Gasteiger partial charge >= 0.3 is 14.1 Å². The molecule has 0 saturated heterocycles.